The standard InChI is InChI=1S/C28H27NO7/c1-31-21-8-6-5-7-18(21)14-29-15-20-22(35-16-29)10-9-19-26(30)23(36-27(19)20)11-17-12-24(32-2)28(34-4)25(13-17)33-3/h5-13H,14-16H2,1-4H3. The molecular formula is C28H27NO7. The molecule has 2 heterocycles. The highest BCUT2D eigenvalue weighted by Crippen LogP contribution is 2.43. The molecule has 0 aliphatic carbocycles. The van der Waals surface area contributed by atoms with Crippen molar-refractivity contribution in [2.75, 3.05) is 35.2 Å². The van der Waals surface area contributed by atoms with Crippen LogP contribution in [0.3, 0.4) is 0 Å². The van der Waals surface area contributed by atoms with E-state index in [2.05, 4.69) is 4.90 Å². The number of carbonyl (C=O) groups is 1. The van der Waals surface area contributed by atoms with Crippen molar-refractivity contribution in [1.82, 2.24) is 4.90 Å². The molecule has 0 N–H and O–H groups in total. The van der Waals surface area contributed by atoms with E-state index in [9.17, 15) is 4.79 Å². The number of benzene rings is 3. The molecule has 0 aromatic heterocycles. The summed E-state index contributed by atoms with van der Waals surface area (Å²) in [5.74, 6) is 3.55. The minimum absolute atomic E-state index is 0.191. The summed E-state index contributed by atoms with van der Waals surface area (Å²) in [6.07, 6.45) is 1.68. The molecule has 0 amide bonds. The lowest BCUT2D eigenvalue weighted by Crippen LogP contribution is -2.31. The summed E-state index contributed by atoms with van der Waals surface area (Å²) in [5.41, 5.74) is 3.09. The first kappa shape index (κ1) is 23.6. The fraction of sp³-hybridized carbons (Fsp3) is 0.250. The summed E-state index contributed by atoms with van der Waals surface area (Å²) in [5, 5.41) is 0. The maximum absolute atomic E-state index is 13.2. The molecule has 0 saturated carbocycles. The van der Waals surface area contributed by atoms with Gasteiger partial charge in [-0.05, 0) is 42.0 Å². The monoisotopic (exact) mass is 489 g/mol. The number of hydrogen-bond acceptors (Lipinski definition) is 8. The predicted octanol–water partition coefficient (Wildman–Crippen LogP) is 4.69. The first-order valence-electron chi connectivity index (χ1n) is 11.4. The predicted molar refractivity (Wildman–Crippen MR) is 133 cm³/mol. The van der Waals surface area contributed by atoms with Crippen LogP contribution in [-0.4, -0.2) is 45.9 Å². The topological polar surface area (TPSA) is 75.7 Å². The van der Waals surface area contributed by atoms with Crippen LogP contribution < -0.4 is 28.4 Å². The third-order valence-corrected chi connectivity index (χ3v) is 6.25. The van der Waals surface area contributed by atoms with E-state index in [1.165, 1.54) is 0 Å². The maximum Gasteiger partial charge on any atom is 0.231 e. The minimum Gasteiger partial charge on any atom is -0.496 e. The van der Waals surface area contributed by atoms with Crippen LogP contribution in [-0.2, 0) is 13.1 Å². The largest absolute Gasteiger partial charge is 0.496 e. The SMILES string of the molecule is COc1ccccc1CN1COc2ccc3c(c2C1)OC(=Cc1cc(OC)c(OC)c(OC)c1)C3=O. The van der Waals surface area contributed by atoms with Gasteiger partial charge in [0.05, 0.1) is 39.6 Å². The van der Waals surface area contributed by atoms with E-state index in [-0.39, 0.29) is 11.5 Å². The van der Waals surface area contributed by atoms with Crippen LogP contribution in [0.2, 0.25) is 0 Å². The van der Waals surface area contributed by atoms with E-state index in [4.69, 9.17) is 28.4 Å². The van der Waals surface area contributed by atoms with Gasteiger partial charge in [-0.25, -0.2) is 0 Å². The van der Waals surface area contributed by atoms with Crippen molar-refractivity contribution in [3.63, 3.8) is 0 Å². The molecule has 0 saturated heterocycles. The van der Waals surface area contributed by atoms with E-state index in [0.717, 1.165) is 16.9 Å². The summed E-state index contributed by atoms with van der Waals surface area (Å²) in [4.78, 5) is 15.4. The van der Waals surface area contributed by atoms with Crippen molar-refractivity contribution in [1.29, 1.82) is 0 Å². The Morgan fingerprint density at radius 2 is 1.64 bits per heavy atom. The van der Waals surface area contributed by atoms with Gasteiger partial charge in [-0.2, -0.15) is 0 Å². The average molecular weight is 490 g/mol. The zero-order valence-corrected chi connectivity index (χ0v) is 20.6. The van der Waals surface area contributed by atoms with Gasteiger partial charge in [0.2, 0.25) is 11.5 Å². The Hall–Kier alpha value is -4.17. The number of rotatable bonds is 7. The Morgan fingerprint density at radius 1 is 0.917 bits per heavy atom. The summed E-state index contributed by atoms with van der Waals surface area (Å²) in [6, 6.07) is 15.0. The summed E-state index contributed by atoms with van der Waals surface area (Å²) in [6.45, 7) is 1.63. The highest BCUT2D eigenvalue weighted by Gasteiger charge is 2.34. The van der Waals surface area contributed by atoms with Crippen LogP contribution in [0.5, 0.6) is 34.5 Å². The van der Waals surface area contributed by atoms with Gasteiger partial charge in [0.25, 0.3) is 0 Å². The van der Waals surface area contributed by atoms with Crippen LogP contribution in [0.1, 0.15) is 27.0 Å². The number of fused-ring (bicyclic) bond motifs is 3. The number of ether oxygens (including phenoxy) is 6. The zero-order chi connectivity index (χ0) is 25.2. The number of carbonyl (C=O) groups excluding carboxylic acids is 1. The Morgan fingerprint density at radius 3 is 2.33 bits per heavy atom. The van der Waals surface area contributed by atoms with Crippen LogP contribution >= 0.6 is 0 Å². The molecule has 0 atom stereocenters. The van der Waals surface area contributed by atoms with Crippen LogP contribution in [0.25, 0.3) is 6.08 Å². The Balaban J connectivity index is 1.44. The van der Waals surface area contributed by atoms with Crippen molar-refractivity contribution < 1.29 is 33.2 Å². The fourth-order valence-electron chi connectivity index (χ4n) is 4.52. The Kier molecular flexibility index (Phi) is 6.43. The lowest BCUT2D eigenvalue weighted by molar-refractivity contribution is 0.0865. The van der Waals surface area contributed by atoms with Gasteiger partial charge in [0, 0.05) is 18.7 Å². The van der Waals surface area contributed by atoms with E-state index in [1.54, 1.807) is 52.7 Å². The summed E-state index contributed by atoms with van der Waals surface area (Å²) in [7, 11) is 6.30. The molecule has 0 radical (unpaired) electrons. The Labute approximate surface area is 209 Å². The van der Waals surface area contributed by atoms with Gasteiger partial charge in [-0.15, -0.1) is 0 Å². The Bertz CT molecular complexity index is 1320. The van der Waals surface area contributed by atoms with Crippen molar-refractivity contribution in [3.05, 3.63) is 76.5 Å². The molecule has 5 rings (SSSR count). The highest BCUT2D eigenvalue weighted by atomic mass is 16.5. The molecule has 0 spiro atoms. The number of nitrogens with zero attached hydrogens (tertiary/aromatic N) is 1. The van der Waals surface area contributed by atoms with Crippen LogP contribution in [0, 0.1) is 0 Å². The molecule has 0 unspecified atom stereocenters. The minimum atomic E-state index is -0.191. The molecule has 2 aliphatic heterocycles. The number of allylic oxidation sites excluding steroid dienone is 1. The number of Topliss-reactive ketones (excluding diaryl/α,β-unsaturated/α-hetero) is 1. The molecule has 3 aromatic carbocycles. The first-order valence-corrected chi connectivity index (χ1v) is 11.4. The molecule has 8 heteroatoms. The van der Waals surface area contributed by atoms with E-state index in [0.29, 0.717) is 59.7 Å². The van der Waals surface area contributed by atoms with E-state index >= 15 is 0 Å². The molecule has 0 fully saturated rings. The van der Waals surface area contributed by atoms with Crippen molar-refractivity contribution in [2.45, 2.75) is 13.1 Å². The maximum atomic E-state index is 13.2. The smallest absolute Gasteiger partial charge is 0.231 e. The fourth-order valence-corrected chi connectivity index (χ4v) is 4.52. The molecule has 0 bridgehead atoms. The highest BCUT2D eigenvalue weighted by molar-refractivity contribution is 6.15. The van der Waals surface area contributed by atoms with E-state index in [1.807, 2.05) is 30.3 Å². The van der Waals surface area contributed by atoms with Crippen molar-refractivity contribution in [2.24, 2.45) is 0 Å². The molecule has 8 nitrogen and oxygen atoms in total. The van der Waals surface area contributed by atoms with Crippen LogP contribution in [0.15, 0.2) is 54.3 Å². The molecule has 2 aliphatic rings. The molecule has 3 aromatic rings. The van der Waals surface area contributed by atoms with E-state index < -0.39 is 0 Å². The average Bonchev–Trinajstić information content (AvgIpc) is 3.23. The van der Waals surface area contributed by atoms with Crippen molar-refractivity contribution in [3.8, 4) is 34.5 Å². The van der Waals surface area contributed by atoms with Gasteiger partial charge in [-0.1, -0.05) is 18.2 Å². The second-order valence-corrected chi connectivity index (χ2v) is 8.39. The second-order valence-electron chi connectivity index (χ2n) is 8.39. The lowest BCUT2D eigenvalue weighted by Gasteiger charge is -2.30. The third kappa shape index (κ3) is 4.20. The van der Waals surface area contributed by atoms with Gasteiger partial charge in [0.1, 0.15) is 24.0 Å². The quantitative estimate of drug-likeness (QED) is 0.443. The summed E-state index contributed by atoms with van der Waals surface area (Å²) >= 11 is 0. The van der Waals surface area contributed by atoms with Gasteiger partial charge in [0.15, 0.2) is 17.3 Å². The van der Waals surface area contributed by atoms with Gasteiger partial charge >= 0.3 is 0 Å². The zero-order valence-electron chi connectivity index (χ0n) is 20.6. The second kappa shape index (κ2) is 9.83. The van der Waals surface area contributed by atoms with Crippen molar-refractivity contribution >= 4 is 11.9 Å². The van der Waals surface area contributed by atoms with Gasteiger partial charge < -0.3 is 28.4 Å². The molecule has 186 valence electrons. The first-order chi connectivity index (χ1) is 17.6. The lowest BCUT2D eigenvalue weighted by atomic mass is 10.0. The third-order valence-electron chi connectivity index (χ3n) is 6.25. The molecular weight excluding hydrogens is 462 g/mol. The summed E-state index contributed by atoms with van der Waals surface area (Å²) < 4.78 is 33.9. The number of ketones is 1. The number of hydrogen-bond donors (Lipinski definition) is 0. The van der Waals surface area contributed by atoms with Crippen LogP contribution in [0.4, 0.5) is 0 Å². The van der Waals surface area contributed by atoms with Gasteiger partial charge in [-0.3, -0.25) is 9.69 Å². The number of methoxy groups -OCH3 is 4. The molecule has 36 heavy (non-hydrogen) atoms. The number of para-hydroxylation sites is 1. The normalized spacial score (nSPS) is 15.6.